The van der Waals surface area contributed by atoms with Gasteiger partial charge in [0.2, 0.25) is 21.8 Å². The van der Waals surface area contributed by atoms with E-state index in [2.05, 4.69) is 14.8 Å². The molecule has 8 nitrogen and oxygen atoms in total. The molecule has 0 radical (unpaired) electrons. The van der Waals surface area contributed by atoms with Gasteiger partial charge < -0.3 is 15.0 Å². The van der Waals surface area contributed by atoms with Crippen molar-refractivity contribution in [1.29, 1.82) is 0 Å². The van der Waals surface area contributed by atoms with Gasteiger partial charge in [-0.3, -0.25) is 9.59 Å². The predicted octanol–water partition coefficient (Wildman–Crippen LogP) is 2.80. The second kappa shape index (κ2) is 9.17. The fourth-order valence-corrected chi connectivity index (χ4v) is 4.30. The van der Waals surface area contributed by atoms with Crippen molar-refractivity contribution in [2.75, 3.05) is 23.3 Å². The number of amides is 2. The number of carbonyl (C=O) groups excluding carboxylic acids is 2. The van der Waals surface area contributed by atoms with Crippen molar-refractivity contribution in [3.8, 4) is 5.75 Å². The Morgan fingerprint density at radius 2 is 1.81 bits per heavy atom. The molecule has 0 fully saturated rings. The third kappa shape index (κ3) is 5.98. The summed E-state index contributed by atoms with van der Waals surface area (Å²) >= 11 is 0. The minimum absolute atomic E-state index is 0.0299. The van der Waals surface area contributed by atoms with Gasteiger partial charge in [0, 0.05) is 37.8 Å². The number of nitrogens with one attached hydrogen (secondary N) is 2. The first kappa shape index (κ1) is 23.5. The number of carbonyl (C=O) groups is 2. The molecular formula is C20H20F3N3O5S. The van der Waals surface area contributed by atoms with E-state index in [9.17, 15) is 31.2 Å². The van der Waals surface area contributed by atoms with Crippen LogP contribution in [0.2, 0.25) is 0 Å². The third-order valence-electron chi connectivity index (χ3n) is 4.65. The molecule has 2 amide bonds. The Labute approximate surface area is 182 Å². The minimum atomic E-state index is -4.81. The smallest absolute Gasteiger partial charge is 0.406 e. The molecule has 0 saturated heterocycles. The minimum Gasteiger partial charge on any atom is -0.406 e. The molecule has 2 N–H and O–H groups in total. The van der Waals surface area contributed by atoms with Crippen LogP contribution < -0.4 is 19.7 Å². The van der Waals surface area contributed by atoms with E-state index >= 15 is 0 Å². The van der Waals surface area contributed by atoms with E-state index in [1.54, 1.807) is 11.0 Å². The van der Waals surface area contributed by atoms with Crippen LogP contribution in [0.1, 0.15) is 18.9 Å². The Morgan fingerprint density at radius 3 is 2.44 bits per heavy atom. The number of anilines is 2. The lowest BCUT2D eigenvalue weighted by atomic mass is 10.2. The number of fused-ring (bicyclic) bond motifs is 1. The van der Waals surface area contributed by atoms with Gasteiger partial charge in [0.1, 0.15) is 5.75 Å². The monoisotopic (exact) mass is 471 g/mol. The molecule has 0 spiro atoms. The SMILES string of the molecule is CC(=O)N1CCc2cc(S(=O)(=O)NCCC(=O)Nc3ccc(OC(F)(F)F)cc3)ccc21. The molecule has 0 bridgehead atoms. The average molecular weight is 471 g/mol. The molecule has 172 valence electrons. The summed E-state index contributed by atoms with van der Waals surface area (Å²) in [6.45, 7) is 1.75. The summed E-state index contributed by atoms with van der Waals surface area (Å²) in [4.78, 5) is 25.2. The van der Waals surface area contributed by atoms with Gasteiger partial charge in [0.05, 0.1) is 4.90 Å². The highest BCUT2D eigenvalue weighted by Crippen LogP contribution is 2.30. The van der Waals surface area contributed by atoms with Crippen LogP contribution in [-0.4, -0.2) is 39.7 Å². The van der Waals surface area contributed by atoms with Gasteiger partial charge in [0.25, 0.3) is 0 Å². The van der Waals surface area contributed by atoms with E-state index in [0.717, 1.165) is 17.7 Å². The Hall–Kier alpha value is -3.12. The van der Waals surface area contributed by atoms with Gasteiger partial charge in [-0.2, -0.15) is 0 Å². The van der Waals surface area contributed by atoms with Gasteiger partial charge in [-0.1, -0.05) is 0 Å². The molecule has 0 unspecified atom stereocenters. The Morgan fingerprint density at radius 1 is 1.12 bits per heavy atom. The molecular weight excluding hydrogens is 451 g/mol. The maximum Gasteiger partial charge on any atom is 0.573 e. The standard InChI is InChI=1S/C20H20F3N3O5S/c1-13(27)26-11-9-14-12-17(6-7-18(14)26)32(29,30)24-10-8-19(28)25-15-2-4-16(5-3-15)31-20(21,22)23/h2-7,12,24H,8-11H2,1H3,(H,25,28). The molecule has 1 aliphatic rings. The number of nitrogens with zero attached hydrogens (tertiary/aromatic N) is 1. The van der Waals surface area contributed by atoms with Crippen molar-refractivity contribution in [2.45, 2.75) is 31.0 Å². The number of hydrogen-bond donors (Lipinski definition) is 2. The van der Waals surface area contributed by atoms with Crippen LogP contribution in [-0.2, 0) is 26.0 Å². The summed E-state index contributed by atoms with van der Waals surface area (Å²) in [5.74, 6) is -1.07. The molecule has 0 saturated carbocycles. The molecule has 3 rings (SSSR count). The number of alkyl halides is 3. The van der Waals surface area contributed by atoms with E-state index in [-0.39, 0.29) is 29.5 Å². The van der Waals surface area contributed by atoms with Gasteiger partial charge in [-0.15, -0.1) is 13.2 Å². The van der Waals surface area contributed by atoms with Gasteiger partial charge in [-0.05, 0) is 54.4 Å². The number of hydrogen-bond acceptors (Lipinski definition) is 5. The molecule has 32 heavy (non-hydrogen) atoms. The van der Waals surface area contributed by atoms with Crippen molar-refractivity contribution in [1.82, 2.24) is 4.72 Å². The number of ether oxygens (including phenoxy) is 1. The molecule has 1 heterocycles. The Balaban J connectivity index is 1.52. The summed E-state index contributed by atoms with van der Waals surface area (Å²) in [5, 5.41) is 2.46. The van der Waals surface area contributed by atoms with Crippen LogP contribution in [0.5, 0.6) is 5.75 Å². The van der Waals surface area contributed by atoms with Crippen molar-refractivity contribution < 1.29 is 35.9 Å². The highest BCUT2D eigenvalue weighted by atomic mass is 32.2. The Kier molecular flexibility index (Phi) is 6.74. The van der Waals surface area contributed by atoms with Crippen molar-refractivity contribution in [3.63, 3.8) is 0 Å². The first-order valence-corrected chi connectivity index (χ1v) is 11.0. The second-order valence-corrected chi connectivity index (χ2v) is 8.75. The maximum absolute atomic E-state index is 12.5. The fourth-order valence-electron chi connectivity index (χ4n) is 3.22. The zero-order chi connectivity index (χ0) is 23.5. The van der Waals surface area contributed by atoms with Crippen molar-refractivity contribution in [3.05, 3.63) is 48.0 Å². The van der Waals surface area contributed by atoms with Crippen LogP contribution in [0.25, 0.3) is 0 Å². The molecule has 0 aliphatic carbocycles. The van der Waals surface area contributed by atoms with Crippen LogP contribution in [0, 0.1) is 0 Å². The second-order valence-electron chi connectivity index (χ2n) is 6.98. The quantitative estimate of drug-likeness (QED) is 0.646. The largest absolute Gasteiger partial charge is 0.573 e. The van der Waals surface area contributed by atoms with Crippen LogP contribution in [0.3, 0.4) is 0 Å². The summed E-state index contributed by atoms with van der Waals surface area (Å²) < 4.78 is 67.6. The molecule has 2 aromatic carbocycles. The first-order chi connectivity index (χ1) is 14.9. The summed E-state index contributed by atoms with van der Waals surface area (Å²) in [6.07, 6.45) is -4.45. The number of benzene rings is 2. The highest BCUT2D eigenvalue weighted by Gasteiger charge is 2.31. The third-order valence-corrected chi connectivity index (χ3v) is 6.11. The van der Waals surface area contributed by atoms with Crippen LogP contribution in [0.15, 0.2) is 47.4 Å². The molecule has 1 aliphatic heterocycles. The lowest BCUT2D eigenvalue weighted by Crippen LogP contribution is -2.28. The first-order valence-electron chi connectivity index (χ1n) is 9.51. The van der Waals surface area contributed by atoms with E-state index in [1.165, 1.54) is 31.2 Å². The van der Waals surface area contributed by atoms with E-state index in [0.29, 0.717) is 18.7 Å². The molecule has 0 aromatic heterocycles. The molecule has 0 atom stereocenters. The van der Waals surface area contributed by atoms with Gasteiger partial charge in [-0.25, -0.2) is 13.1 Å². The highest BCUT2D eigenvalue weighted by molar-refractivity contribution is 7.89. The predicted molar refractivity (Wildman–Crippen MR) is 110 cm³/mol. The van der Waals surface area contributed by atoms with E-state index < -0.39 is 28.0 Å². The van der Waals surface area contributed by atoms with E-state index in [1.807, 2.05) is 0 Å². The normalized spacial score (nSPS) is 13.6. The van der Waals surface area contributed by atoms with Crippen LogP contribution >= 0.6 is 0 Å². The fraction of sp³-hybridized carbons (Fsp3) is 0.300. The number of sulfonamides is 1. The topological polar surface area (TPSA) is 105 Å². The van der Waals surface area contributed by atoms with Crippen molar-refractivity contribution in [2.24, 2.45) is 0 Å². The zero-order valence-electron chi connectivity index (χ0n) is 16.9. The van der Waals surface area contributed by atoms with E-state index in [4.69, 9.17) is 0 Å². The van der Waals surface area contributed by atoms with Gasteiger partial charge >= 0.3 is 6.36 Å². The lowest BCUT2D eigenvalue weighted by Gasteiger charge is -2.15. The van der Waals surface area contributed by atoms with Crippen molar-refractivity contribution >= 4 is 33.2 Å². The zero-order valence-corrected chi connectivity index (χ0v) is 17.7. The molecule has 12 heteroatoms. The summed E-state index contributed by atoms with van der Waals surface area (Å²) in [7, 11) is -3.87. The average Bonchev–Trinajstić information content (AvgIpc) is 3.12. The Bertz CT molecular complexity index is 1120. The number of halogens is 3. The lowest BCUT2D eigenvalue weighted by molar-refractivity contribution is -0.274. The van der Waals surface area contributed by atoms with Gasteiger partial charge in [0.15, 0.2) is 0 Å². The summed E-state index contributed by atoms with van der Waals surface area (Å²) in [6, 6.07) is 9.05. The maximum atomic E-state index is 12.5. The number of rotatable bonds is 7. The van der Waals surface area contributed by atoms with Crippen LogP contribution in [0.4, 0.5) is 24.5 Å². The summed E-state index contributed by atoms with van der Waals surface area (Å²) in [5.41, 5.74) is 1.67. The molecule has 2 aromatic rings.